The Hall–Kier alpha value is -1.60. The van der Waals surface area contributed by atoms with Crippen molar-refractivity contribution in [3.8, 4) is 5.75 Å². The highest BCUT2D eigenvalue weighted by atomic mass is 79.9. The van der Waals surface area contributed by atoms with Crippen LogP contribution in [0.2, 0.25) is 0 Å². The summed E-state index contributed by atoms with van der Waals surface area (Å²) >= 11 is 3.25. The predicted octanol–water partition coefficient (Wildman–Crippen LogP) is 2.08. The van der Waals surface area contributed by atoms with E-state index in [1.165, 1.54) is 5.06 Å². The summed E-state index contributed by atoms with van der Waals surface area (Å²) in [6.45, 7) is 0.635. The number of benzene rings is 1. The number of hydrogen-bond donors (Lipinski definition) is 0. The topological polar surface area (TPSA) is 60.4 Å². The fourth-order valence-corrected chi connectivity index (χ4v) is 2.14. The molecule has 1 unspecified atom stereocenters. The highest BCUT2D eigenvalue weighted by Crippen LogP contribution is 2.16. The molecule has 1 aliphatic rings. The number of carbonyl (C=O) groups excluding carboxylic acids is 1. The van der Waals surface area contributed by atoms with Crippen molar-refractivity contribution in [1.82, 2.24) is 5.06 Å². The molecule has 1 amide bonds. The third-order valence-electron chi connectivity index (χ3n) is 2.75. The van der Waals surface area contributed by atoms with Crippen molar-refractivity contribution >= 4 is 27.0 Å². The first-order chi connectivity index (χ1) is 9.71. The summed E-state index contributed by atoms with van der Waals surface area (Å²) in [6, 6.07) is 7.45. The van der Waals surface area contributed by atoms with Crippen LogP contribution >= 0.6 is 15.9 Å². The summed E-state index contributed by atoms with van der Waals surface area (Å²) in [6.07, 6.45) is 1.10. The molecule has 7 heteroatoms. The quantitative estimate of drug-likeness (QED) is 0.562. The van der Waals surface area contributed by atoms with Crippen molar-refractivity contribution in [2.45, 2.75) is 19.1 Å². The minimum Gasteiger partial charge on any atom is -0.497 e. The van der Waals surface area contributed by atoms with Crippen molar-refractivity contribution < 1.29 is 19.2 Å². The van der Waals surface area contributed by atoms with E-state index in [0.29, 0.717) is 26.0 Å². The number of hydroxylamine groups is 2. The summed E-state index contributed by atoms with van der Waals surface area (Å²) in [5.41, 5.74) is 0.947. The third-order valence-corrected chi connectivity index (χ3v) is 3.22. The van der Waals surface area contributed by atoms with Crippen LogP contribution in [0.1, 0.15) is 12.0 Å². The Labute approximate surface area is 125 Å². The number of nitrogens with zero attached hydrogens (tertiary/aromatic N) is 2. The molecule has 1 atom stereocenters. The normalized spacial score (nSPS) is 17.3. The van der Waals surface area contributed by atoms with Crippen LogP contribution in [-0.2, 0) is 21.1 Å². The highest BCUT2D eigenvalue weighted by molar-refractivity contribution is 9.18. The van der Waals surface area contributed by atoms with Crippen LogP contribution in [0.25, 0.3) is 0 Å². The van der Waals surface area contributed by atoms with Crippen LogP contribution in [0, 0.1) is 0 Å². The molecule has 0 bridgehead atoms. The lowest BCUT2D eigenvalue weighted by atomic mass is 10.2. The second-order valence-electron chi connectivity index (χ2n) is 4.23. The van der Waals surface area contributed by atoms with Crippen molar-refractivity contribution in [2.24, 2.45) is 5.16 Å². The van der Waals surface area contributed by atoms with Crippen LogP contribution < -0.4 is 4.74 Å². The van der Waals surface area contributed by atoms with E-state index in [9.17, 15) is 4.79 Å². The Bertz CT molecular complexity index is 478. The molecule has 0 N–H and O–H groups in total. The van der Waals surface area contributed by atoms with E-state index in [1.807, 2.05) is 24.3 Å². The van der Waals surface area contributed by atoms with Crippen molar-refractivity contribution in [1.29, 1.82) is 0 Å². The maximum Gasteiger partial charge on any atom is 0.233 e. The summed E-state index contributed by atoms with van der Waals surface area (Å²) in [5.74, 6) is 0.780. The Morgan fingerprint density at radius 3 is 2.80 bits per heavy atom. The number of ether oxygens (including phenoxy) is 1. The summed E-state index contributed by atoms with van der Waals surface area (Å²) in [7, 11) is 1.61. The molecular weight excluding hydrogens is 328 g/mol. The lowest BCUT2D eigenvalue weighted by Gasteiger charge is -2.19. The van der Waals surface area contributed by atoms with Crippen LogP contribution in [0.4, 0.5) is 0 Å². The molecule has 0 saturated heterocycles. The van der Waals surface area contributed by atoms with Gasteiger partial charge in [-0.05, 0) is 33.6 Å². The fourth-order valence-electron chi connectivity index (χ4n) is 1.70. The van der Waals surface area contributed by atoms with Gasteiger partial charge in [0, 0.05) is 6.42 Å². The standard InChI is InChI=1S/C13H15BrN2O4/c1-18-11-4-2-10(3-5-11)8-19-16(9-17)7-12-6-13(14)15-20-12/h2-5,9,12H,6-8H2,1H3. The zero-order valence-electron chi connectivity index (χ0n) is 11.0. The molecule has 0 saturated carbocycles. The monoisotopic (exact) mass is 342 g/mol. The largest absolute Gasteiger partial charge is 0.497 e. The van der Waals surface area contributed by atoms with Crippen molar-refractivity contribution in [3.05, 3.63) is 29.8 Å². The number of rotatable bonds is 7. The van der Waals surface area contributed by atoms with Gasteiger partial charge >= 0.3 is 0 Å². The number of halogens is 1. The van der Waals surface area contributed by atoms with Gasteiger partial charge in [0.15, 0.2) is 6.10 Å². The zero-order valence-corrected chi connectivity index (χ0v) is 12.6. The van der Waals surface area contributed by atoms with Crippen LogP contribution in [-0.4, -0.2) is 35.9 Å². The molecule has 20 heavy (non-hydrogen) atoms. The molecule has 108 valence electrons. The van der Waals surface area contributed by atoms with Crippen LogP contribution in [0.3, 0.4) is 0 Å². The van der Waals surface area contributed by atoms with Gasteiger partial charge in [0.1, 0.15) is 17.0 Å². The lowest BCUT2D eigenvalue weighted by Crippen LogP contribution is -2.31. The van der Waals surface area contributed by atoms with E-state index in [-0.39, 0.29) is 6.10 Å². The predicted molar refractivity (Wildman–Crippen MR) is 76.4 cm³/mol. The fraction of sp³-hybridized carbons (Fsp3) is 0.385. The number of amides is 1. The second-order valence-corrected chi connectivity index (χ2v) is 5.14. The van der Waals surface area contributed by atoms with Gasteiger partial charge in [-0.15, -0.1) is 0 Å². The molecule has 1 aromatic carbocycles. The molecular formula is C13H15BrN2O4. The molecule has 1 aromatic rings. The minimum atomic E-state index is -0.176. The molecule has 0 aromatic heterocycles. The molecule has 1 aliphatic heterocycles. The van der Waals surface area contributed by atoms with E-state index in [4.69, 9.17) is 14.4 Å². The van der Waals surface area contributed by atoms with Gasteiger partial charge in [-0.3, -0.25) is 9.63 Å². The number of hydrogen-bond acceptors (Lipinski definition) is 5. The van der Waals surface area contributed by atoms with E-state index in [2.05, 4.69) is 21.1 Å². The van der Waals surface area contributed by atoms with E-state index in [0.717, 1.165) is 15.9 Å². The van der Waals surface area contributed by atoms with Gasteiger partial charge in [0.2, 0.25) is 6.41 Å². The van der Waals surface area contributed by atoms with Gasteiger partial charge in [-0.25, -0.2) is 5.06 Å². The van der Waals surface area contributed by atoms with Gasteiger partial charge in [-0.2, -0.15) is 0 Å². The van der Waals surface area contributed by atoms with Gasteiger partial charge < -0.3 is 9.57 Å². The molecule has 0 aliphatic carbocycles. The number of oxime groups is 1. The maximum absolute atomic E-state index is 11.0. The first-order valence-electron chi connectivity index (χ1n) is 6.07. The summed E-state index contributed by atoms with van der Waals surface area (Å²) < 4.78 is 5.81. The highest BCUT2D eigenvalue weighted by Gasteiger charge is 2.22. The first-order valence-corrected chi connectivity index (χ1v) is 6.86. The summed E-state index contributed by atoms with van der Waals surface area (Å²) in [5, 5.41) is 4.98. The van der Waals surface area contributed by atoms with Gasteiger partial charge in [0.25, 0.3) is 0 Å². The Balaban J connectivity index is 1.79. The van der Waals surface area contributed by atoms with E-state index >= 15 is 0 Å². The molecule has 0 radical (unpaired) electrons. The van der Waals surface area contributed by atoms with Crippen molar-refractivity contribution in [3.63, 3.8) is 0 Å². The van der Waals surface area contributed by atoms with Gasteiger partial charge in [-0.1, -0.05) is 17.3 Å². The lowest BCUT2D eigenvalue weighted by molar-refractivity contribution is -0.185. The SMILES string of the molecule is COc1ccc(CON(C=O)CC2CC(Br)=NO2)cc1. The van der Waals surface area contributed by atoms with E-state index in [1.54, 1.807) is 7.11 Å². The molecule has 1 heterocycles. The smallest absolute Gasteiger partial charge is 0.233 e. The third kappa shape index (κ3) is 4.21. The van der Waals surface area contributed by atoms with Crippen LogP contribution in [0.5, 0.6) is 5.75 Å². The molecule has 0 spiro atoms. The molecule has 6 nitrogen and oxygen atoms in total. The molecule has 2 rings (SSSR count). The van der Waals surface area contributed by atoms with Gasteiger partial charge in [0.05, 0.1) is 13.7 Å². The maximum atomic E-state index is 11.0. The van der Waals surface area contributed by atoms with E-state index < -0.39 is 0 Å². The average molecular weight is 343 g/mol. The number of methoxy groups -OCH3 is 1. The average Bonchev–Trinajstić information content (AvgIpc) is 2.89. The Morgan fingerprint density at radius 2 is 2.25 bits per heavy atom. The zero-order chi connectivity index (χ0) is 14.4. The second kappa shape index (κ2) is 7.25. The first kappa shape index (κ1) is 14.8. The number of carbonyl (C=O) groups is 1. The Morgan fingerprint density at radius 1 is 1.50 bits per heavy atom. The van der Waals surface area contributed by atoms with Crippen molar-refractivity contribution in [2.75, 3.05) is 13.7 Å². The Kier molecular flexibility index (Phi) is 5.37. The molecule has 0 fully saturated rings. The summed E-state index contributed by atoms with van der Waals surface area (Å²) in [4.78, 5) is 21.5. The van der Waals surface area contributed by atoms with Crippen LogP contribution in [0.15, 0.2) is 29.4 Å². The minimum absolute atomic E-state index is 0.176.